The first kappa shape index (κ1) is 25.5. The molecule has 1 unspecified atom stereocenters. The molecule has 0 aliphatic carbocycles. The van der Waals surface area contributed by atoms with Crippen molar-refractivity contribution in [3.05, 3.63) is 47.8 Å². The van der Waals surface area contributed by atoms with Crippen molar-refractivity contribution in [3.63, 3.8) is 0 Å². The predicted molar refractivity (Wildman–Crippen MR) is 151 cm³/mol. The fraction of sp³-hybridized carbons (Fsp3) is 0.429. The van der Waals surface area contributed by atoms with Gasteiger partial charge in [0.05, 0.1) is 44.8 Å². The monoisotopic (exact) mass is 547 g/mol. The second-order valence-corrected chi connectivity index (χ2v) is 12.9. The Balaban J connectivity index is 1.45. The first-order chi connectivity index (χ1) is 18.8. The van der Waals surface area contributed by atoms with Gasteiger partial charge in [0.2, 0.25) is 11.8 Å². The standard InChI is InChI=1S/C28H33N7O3S/c1-18-7-6-11-38-27-22(16-29-34(27)3)24-14-20(13-19(2)31-24)26(36)33-28-32-23-9-8-21(15-25(23)35(28)17-18)39(37)12-5-4-10-30-39/h8-9,13-16,18H,4-7,10-12,17H2,1-3H3,(H,32,33,36)/t18-,39?/m1/s1. The summed E-state index contributed by atoms with van der Waals surface area (Å²) < 4.78 is 28.0. The van der Waals surface area contributed by atoms with Crippen molar-refractivity contribution in [2.45, 2.75) is 51.0 Å². The molecule has 2 aliphatic rings. The molecule has 2 atom stereocenters. The zero-order valence-electron chi connectivity index (χ0n) is 22.5. The maximum absolute atomic E-state index is 13.6. The van der Waals surface area contributed by atoms with Gasteiger partial charge in [-0.25, -0.2) is 18.2 Å². The molecule has 1 amide bonds. The van der Waals surface area contributed by atoms with E-state index in [1.807, 2.05) is 36.7 Å². The van der Waals surface area contributed by atoms with Crippen molar-refractivity contribution in [2.24, 2.45) is 17.3 Å². The van der Waals surface area contributed by atoms with E-state index in [1.165, 1.54) is 0 Å². The van der Waals surface area contributed by atoms with Gasteiger partial charge in [0.25, 0.3) is 5.91 Å². The van der Waals surface area contributed by atoms with Gasteiger partial charge in [-0.15, -0.1) is 0 Å². The number of hydrogen-bond donors (Lipinski definition) is 1. The lowest BCUT2D eigenvalue weighted by atomic mass is 10.1. The highest BCUT2D eigenvalue weighted by molar-refractivity contribution is 7.93. The molecule has 39 heavy (non-hydrogen) atoms. The third-order valence-electron chi connectivity index (χ3n) is 7.39. The summed E-state index contributed by atoms with van der Waals surface area (Å²) in [5.41, 5.74) is 4.16. The molecular formula is C28H33N7O3S. The van der Waals surface area contributed by atoms with E-state index in [-0.39, 0.29) is 11.8 Å². The summed E-state index contributed by atoms with van der Waals surface area (Å²) in [4.78, 5) is 23.8. The Morgan fingerprint density at radius 2 is 2.00 bits per heavy atom. The van der Waals surface area contributed by atoms with E-state index in [4.69, 9.17) is 9.72 Å². The minimum Gasteiger partial charge on any atom is -0.477 e. The Kier molecular flexibility index (Phi) is 6.62. The fourth-order valence-electron chi connectivity index (χ4n) is 5.35. The lowest BCUT2D eigenvalue weighted by Crippen LogP contribution is -2.18. The number of pyridine rings is 1. The van der Waals surface area contributed by atoms with E-state index in [0.29, 0.717) is 54.2 Å². The molecule has 6 rings (SSSR count). The van der Waals surface area contributed by atoms with Gasteiger partial charge < -0.3 is 9.30 Å². The van der Waals surface area contributed by atoms with Gasteiger partial charge in [-0.2, -0.15) is 5.10 Å². The molecule has 0 radical (unpaired) electrons. The van der Waals surface area contributed by atoms with Crippen LogP contribution in [-0.2, 0) is 23.3 Å². The summed E-state index contributed by atoms with van der Waals surface area (Å²) in [5, 5.41) is 7.42. The SMILES string of the molecule is Cc1cc2cc(n1)-c1cnn(C)c1OCCC[C@@H](C)Cn1c(nc3ccc(S4(=O)=NCCCC4)cc31)NC2=O. The molecule has 3 aromatic heterocycles. The number of carbonyl (C=O) groups excluding carboxylic acids is 1. The van der Waals surface area contributed by atoms with Gasteiger partial charge in [-0.3, -0.25) is 15.1 Å². The number of nitrogens with zero attached hydrogens (tertiary/aromatic N) is 6. The van der Waals surface area contributed by atoms with E-state index in [9.17, 15) is 9.00 Å². The average Bonchev–Trinajstić information content (AvgIpc) is 3.45. The van der Waals surface area contributed by atoms with Crippen molar-refractivity contribution in [2.75, 3.05) is 24.2 Å². The van der Waals surface area contributed by atoms with Crippen molar-refractivity contribution >= 4 is 32.6 Å². The van der Waals surface area contributed by atoms with Crippen LogP contribution in [0.4, 0.5) is 5.95 Å². The van der Waals surface area contributed by atoms with Crippen molar-refractivity contribution in [1.29, 1.82) is 0 Å². The number of benzene rings is 1. The number of amides is 1. The Morgan fingerprint density at radius 1 is 1.13 bits per heavy atom. The maximum atomic E-state index is 13.6. The van der Waals surface area contributed by atoms with Gasteiger partial charge in [0, 0.05) is 42.0 Å². The topological polar surface area (TPSA) is 116 Å². The van der Waals surface area contributed by atoms with Crippen LogP contribution in [0.5, 0.6) is 5.88 Å². The number of fused-ring (bicyclic) bond motifs is 7. The van der Waals surface area contributed by atoms with Crippen LogP contribution in [-0.4, -0.2) is 53.3 Å². The van der Waals surface area contributed by atoms with Gasteiger partial charge in [0.1, 0.15) is 0 Å². The first-order valence-electron chi connectivity index (χ1n) is 13.5. The molecule has 2 bridgehead atoms. The van der Waals surface area contributed by atoms with Crippen LogP contribution in [0.25, 0.3) is 22.3 Å². The summed E-state index contributed by atoms with van der Waals surface area (Å²) in [5.74, 6) is 1.68. The molecule has 1 aromatic carbocycles. The van der Waals surface area contributed by atoms with Gasteiger partial charge in [-0.1, -0.05) is 6.92 Å². The molecule has 4 aromatic rings. The smallest absolute Gasteiger partial charge is 0.258 e. The molecule has 2 aliphatic heterocycles. The Labute approximate surface area is 228 Å². The van der Waals surface area contributed by atoms with E-state index in [1.54, 1.807) is 23.0 Å². The minimum atomic E-state index is -2.44. The number of anilines is 1. The number of hydrogen-bond acceptors (Lipinski definition) is 7. The number of aryl methyl sites for hydroxylation is 2. The van der Waals surface area contributed by atoms with Crippen LogP contribution in [0.15, 0.2) is 45.8 Å². The van der Waals surface area contributed by atoms with Crippen LogP contribution >= 0.6 is 0 Å². The summed E-state index contributed by atoms with van der Waals surface area (Å²) in [6.07, 6.45) is 5.38. The molecular weight excluding hydrogens is 514 g/mol. The summed E-state index contributed by atoms with van der Waals surface area (Å²) >= 11 is 0. The number of carbonyl (C=O) groups is 1. The molecule has 11 heteroatoms. The lowest BCUT2D eigenvalue weighted by Gasteiger charge is -2.17. The summed E-state index contributed by atoms with van der Waals surface area (Å²) in [7, 11) is -0.602. The largest absolute Gasteiger partial charge is 0.477 e. The molecule has 204 valence electrons. The highest BCUT2D eigenvalue weighted by Gasteiger charge is 2.22. The average molecular weight is 548 g/mol. The Hall–Kier alpha value is -3.73. The number of aromatic nitrogens is 5. The predicted octanol–water partition coefficient (Wildman–Crippen LogP) is 4.82. The van der Waals surface area contributed by atoms with Crippen molar-refractivity contribution in [1.82, 2.24) is 24.3 Å². The highest BCUT2D eigenvalue weighted by Crippen LogP contribution is 2.31. The quantitative estimate of drug-likeness (QED) is 0.365. The van der Waals surface area contributed by atoms with Crippen LogP contribution in [0, 0.1) is 12.8 Å². The number of ether oxygens (including phenoxy) is 1. The van der Waals surface area contributed by atoms with E-state index >= 15 is 0 Å². The van der Waals surface area contributed by atoms with Crippen molar-refractivity contribution in [3.8, 4) is 17.1 Å². The van der Waals surface area contributed by atoms with Gasteiger partial charge >= 0.3 is 0 Å². The molecule has 0 spiro atoms. The molecule has 10 nitrogen and oxygen atoms in total. The number of rotatable bonds is 1. The van der Waals surface area contributed by atoms with Crippen LogP contribution in [0.1, 0.15) is 48.7 Å². The lowest BCUT2D eigenvalue weighted by molar-refractivity contribution is 0.102. The van der Waals surface area contributed by atoms with Crippen LogP contribution < -0.4 is 10.1 Å². The van der Waals surface area contributed by atoms with Gasteiger partial charge in [-0.05, 0) is 68.9 Å². The molecule has 0 fully saturated rings. The van der Waals surface area contributed by atoms with Crippen LogP contribution in [0.3, 0.4) is 0 Å². The normalized spacial score (nSPS) is 22.0. The van der Waals surface area contributed by atoms with E-state index in [0.717, 1.165) is 47.2 Å². The second-order valence-electron chi connectivity index (χ2n) is 10.5. The van der Waals surface area contributed by atoms with Crippen LogP contribution in [0.2, 0.25) is 0 Å². The molecule has 1 N–H and O–H groups in total. The second kappa shape index (κ2) is 10.1. The Bertz CT molecular complexity index is 1700. The molecule has 0 saturated heterocycles. The minimum absolute atomic E-state index is 0.277. The number of nitrogens with one attached hydrogen (secondary N) is 1. The third kappa shape index (κ3) is 4.91. The maximum Gasteiger partial charge on any atom is 0.258 e. The zero-order chi connectivity index (χ0) is 27.1. The van der Waals surface area contributed by atoms with E-state index in [2.05, 4.69) is 26.7 Å². The zero-order valence-corrected chi connectivity index (χ0v) is 23.3. The Morgan fingerprint density at radius 3 is 2.82 bits per heavy atom. The number of imidazole rings is 1. The van der Waals surface area contributed by atoms with Crippen molar-refractivity contribution < 1.29 is 13.7 Å². The first-order valence-corrected chi connectivity index (χ1v) is 15.2. The molecule has 5 heterocycles. The van der Waals surface area contributed by atoms with E-state index < -0.39 is 9.73 Å². The molecule has 0 saturated carbocycles. The third-order valence-corrected chi connectivity index (χ3v) is 9.82. The summed E-state index contributed by atoms with van der Waals surface area (Å²) in [6, 6.07) is 9.24. The highest BCUT2D eigenvalue weighted by atomic mass is 32.2. The summed E-state index contributed by atoms with van der Waals surface area (Å²) in [6.45, 7) is 5.86. The fourth-order valence-corrected chi connectivity index (χ4v) is 7.46. The van der Waals surface area contributed by atoms with Gasteiger partial charge in [0.15, 0.2) is 0 Å².